The molecule has 1 heterocycles. The average Bonchev–Trinajstić information content (AvgIpc) is 2.45. The first-order valence-corrected chi connectivity index (χ1v) is 7.28. The van der Waals surface area contributed by atoms with Crippen molar-refractivity contribution in [3.63, 3.8) is 0 Å². The van der Waals surface area contributed by atoms with Crippen LogP contribution >= 0.6 is 24.0 Å². The lowest BCUT2D eigenvalue weighted by atomic mass is 10.00. The third kappa shape index (κ3) is 5.37. The van der Waals surface area contributed by atoms with Crippen LogP contribution in [0.1, 0.15) is 30.9 Å². The Labute approximate surface area is 144 Å². The predicted molar refractivity (Wildman–Crippen MR) is 98.4 cm³/mol. The summed E-state index contributed by atoms with van der Waals surface area (Å²) in [5.74, 6) is 2.35. The van der Waals surface area contributed by atoms with Crippen LogP contribution in [0.4, 0.5) is 0 Å². The Morgan fingerprint density at radius 1 is 1.33 bits per heavy atom. The van der Waals surface area contributed by atoms with E-state index in [0.717, 1.165) is 30.3 Å². The third-order valence-electron chi connectivity index (χ3n) is 3.88. The zero-order valence-corrected chi connectivity index (χ0v) is 15.5. The molecule has 0 aromatic heterocycles. The molecule has 0 aliphatic carbocycles. The van der Waals surface area contributed by atoms with Gasteiger partial charge in [-0.05, 0) is 48.9 Å². The van der Waals surface area contributed by atoms with Crippen LogP contribution in [-0.4, -0.2) is 31.1 Å². The van der Waals surface area contributed by atoms with Crippen LogP contribution in [0, 0.1) is 12.8 Å². The van der Waals surface area contributed by atoms with Crippen LogP contribution in [0.25, 0.3) is 0 Å². The Balaban J connectivity index is 0.00000220. The lowest BCUT2D eigenvalue weighted by molar-refractivity contribution is 0.277. The first kappa shape index (κ1) is 18.1. The number of benzene rings is 1. The van der Waals surface area contributed by atoms with Gasteiger partial charge in [0.2, 0.25) is 0 Å². The van der Waals surface area contributed by atoms with E-state index in [1.165, 1.54) is 18.4 Å². The van der Waals surface area contributed by atoms with Crippen molar-refractivity contribution in [2.45, 2.75) is 33.2 Å². The second-order valence-electron chi connectivity index (χ2n) is 5.70. The minimum atomic E-state index is 0. The summed E-state index contributed by atoms with van der Waals surface area (Å²) < 4.78 is 5.28. The molecule has 2 N–H and O–H groups in total. The molecule has 2 rings (SSSR count). The second kappa shape index (κ2) is 8.46. The van der Waals surface area contributed by atoms with E-state index in [2.05, 4.69) is 29.8 Å². The van der Waals surface area contributed by atoms with Crippen molar-refractivity contribution in [1.29, 1.82) is 0 Å². The van der Waals surface area contributed by atoms with E-state index >= 15 is 0 Å². The Kier molecular flexibility index (Phi) is 7.28. The fraction of sp³-hybridized carbons (Fsp3) is 0.562. The second-order valence-corrected chi connectivity index (χ2v) is 5.70. The highest BCUT2D eigenvalue weighted by molar-refractivity contribution is 14.0. The lowest BCUT2D eigenvalue weighted by Crippen LogP contribution is -2.42. The number of nitrogens with two attached hydrogens (primary N) is 1. The minimum Gasteiger partial charge on any atom is -0.497 e. The largest absolute Gasteiger partial charge is 0.497 e. The van der Waals surface area contributed by atoms with Crippen molar-refractivity contribution < 1.29 is 4.74 Å². The van der Waals surface area contributed by atoms with Crippen LogP contribution in [0.3, 0.4) is 0 Å². The van der Waals surface area contributed by atoms with Crippen molar-refractivity contribution in [3.05, 3.63) is 29.3 Å². The quantitative estimate of drug-likeness (QED) is 0.479. The molecule has 0 spiro atoms. The van der Waals surface area contributed by atoms with Gasteiger partial charge in [-0.1, -0.05) is 13.0 Å². The molecule has 21 heavy (non-hydrogen) atoms. The molecule has 1 aliphatic heterocycles. The smallest absolute Gasteiger partial charge is 0.191 e. The van der Waals surface area contributed by atoms with Gasteiger partial charge in [-0.15, -0.1) is 24.0 Å². The van der Waals surface area contributed by atoms with Gasteiger partial charge in [0.15, 0.2) is 5.96 Å². The third-order valence-corrected chi connectivity index (χ3v) is 3.88. The van der Waals surface area contributed by atoms with Gasteiger partial charge >= 0.3 is 0 Å². The van der Waals surface area contributed by atoms with Gasteiger partial charge in [0, 0.05) is 13.1 Å². The maximum Gasteiger partial charge on any atom is 0.191 e. The number of nitrogens with zero attached hydrogens (tertiary/aromatic N) is 2. The summed E-state index contributed by atoms with van der Waals surface area (Å²) in [6, 6.07) is 6.15. The molecule has 1 aromatic carbocycles. The number of rotatable bonds is 3. The Morgan fingerprint density at radius 3 is 2.62 bits per heavy atom. The molecule has 1 aromatic rings. The van der Waals surface area contributed by atoms with E-state index in [1.54, 1.807) is 7.11 Å². The number of halogens is 1. The van der Waals surface area contributed by atoms with Gasteiger partial charge < -0.3 is 15.4 Å². The van der Waals surface area contributed by atoms with Gasteiger partial charge in [0.1, 0.15) is 5.75 Å². The van der Waals surface area contributed by atoms with Gasteiger partial charge in [-0.25, -0.2) is 4.99 Å². The van der Waals surface area contributed by atoms with Crippen LogP contribution in [0.2, 0.25) is 0 Å². The van der Waals surface area contributed by atoms with Crippen LogP contribution in [-0.2, 0) is 6.54 Å². The molecule has 0 unspecified atom stereocenters. The highest BCUT2D eigenvalue weighted by Gasteiger charge is 2.16. The Hall–Kier alpha value is -0.980. The standard InChI is InChI=1S/C16H25N3O.HI/c1-12-4-6-19(7-5-12)16(17)18-11-14-8-13(2)9-15(10-14)20-3;/h8-10,12H,4-7,11H2,1-3H3,(H2,17,18);1H. The van der Waals surface area contributed by atoms with Crippen LogP contribution < -0.4 is 10.5 Å². The summed E-state index contributed by atoms with van der Waals surface area (Å²) in [7, 11) is 1.69. The molecule has 0 bridgehead atoms. The highest BCUT2D eigenvalue weighted by Crippen LogP contribution is 2.18. The SMILES string of the molecule is COc1cc(C)cc(CN=C(N)N2CCC(C)CC2)c1.I. The maximum atomic E-state index is 6.09. The zero-order chi connectivity index (χ0) is 14.5. The first-order valence-electron chi connectivity index (χ1n) is 7.28. The number of hydrogen-bond donors (Lipinski definition) is 1. The normalized spacial score (nSPS) is 16.5. The molecular formula is C16H26IN3O. The van der Waals surface area contributed by atoms with E-state index in [0.29, 0.717) is 12.5 Å². The van der Waals surface area contributed by atoms with Gasteiger partial charge in [-0.3, -0.25) is 0 Å². The summed E-state index contributed by atoms with van der Waals surface area (Å²) in [6.07, 6.45) is 2.41. The van der Waals surface area contributed by atoms with Crippen molar-refractivity contribution >= 4 is 29.9 Å². The number of likely N-dealkylation sites (tertiary alicyclic amines) is 1. The molecule has 0 saturated carbocycles. The molecule has 1 fully saturated rings. The van der Waals surface area contributed by atoms with Crippen molar-refractivity contribution in [3.8, 4) is 5.75 Å². The monoisotopic (exact) mass is 403 g/mol. The average molecular weight is 403 g/mol. The molecular weight excluding hydrogens is 377 g/mol. The van der Waals surface area contributed by atoms with Crippen molar-refractivity contribution in [2.75, 3.05) is 20.2 Å². The summed E-state index contributed by atoms with van der Waals surface area (Å²) in [5.41, 5.74) is 8.41. The lowest BCUT2D eigenvalue weighted by Gasteiger charge is -2.31. The molecule has 1 aliphatic rings. The number of ether oxygens (including phenoxy) is 1. The number of piperidine rings is 1. The summed E-state index contributed by atoms with van der Waals surface area (Å²) in [5, 5.41) is 0. The summed E-state index contributed by atoms with van der Waals surface area (Å²) >= 11 is 0. The van der Waals surface area contributed by atoms with Gasteiger partial charge in [0.05, 0.1) is 13.7 Å². The number of aliphatic imine (C=N–C) groups is 1. The highest BCUT2D eigenvalue weighted by atomic mass is 127. The van der Waals surface area contributed by atoms with Gasteiger partial charge in [0.25, 0.3) is 0 Å². The molecule has 0 atom stereocenters. The Morgan fingerprint density at radius 2 is 2.00 bits per heavy atom. The van der Waals surface area contributed by atoms with Crippen molar-refractivity contribution in [2.24, 2.45) is 16.6 Å². The molecule has 1 saturated heterocycles. The van der Waals surface area contributed by atoms with Gasteiger partial charge in [-0.2, -0.15) is 0 Å². The molecule has 5 heteroatoms. The maximum absolute atomic E-state index is 6.09. The van der Waals surface area contributed by atoms with Crippen LogP contribution in [0.5, 0.6) is 5.75 Å². The predicted octanol–water partition coefficient (Wildman–Crippen LogP) is 3.17. The topological polar surface area (TPSA) is 50.9 Å². The number of methoxy groups -OCH3 is 1. The minimum absolute atomic E-state index is 0. The van der Waals surface area contributed by atoms with E-state index in [9.17, 15) is 0 Å². The number of hydrogen-bond acceptors (Lipinski definition) is 2. The number of guanidine groups is 1. The molecule has 118 valence electrons. The summed E-state index contributed by atoms with van der Waals surface area (Å²) in [6.45, 7) is 7.01. The van der Waals surface area contributed by atoms with Crippen molar-refractivity contribution in [1.82, 2.24) is 4.90 Å². The van der Waals surface area contributed by atoms with E-state index < -0.39 is 0 Å². The zero-order valence-electron chi connectivity index (χ0n) is 13.1. The first-order chi connectivity index (χ1) is 9.58. The van der Waals surface area contributed by atoms with Crippen LogP contribution in [0.15, 0.2) is 23.2 Å². The molecule has 0 radical (unpaired) electrons. The molecule has 0 amide bonds. The fourth-order valence-corrected chi connectivity index (χ4v) is 2.54. The van der Waals surface area contributed by atoms with E-state index in [4.69, 9.17) is 10.5 Å². The van der Waals surface area contributed by atoms with E-state index in [1.807, 2.05) is 12.1 Å². The Bertz CT molecular complexity index is 482. The fourth-order valence-electron chi connectivity index (χ4n) is 2.54. The molecule has 4 nitrogen and oxygen atoms in total. The number of aryl methyl sites for hydroxylation is 1. The van der Waals surface area contributed by atoms with E-state index in [-0.39, 0.29) is 24.0 Å². The summed E-state index contributed by atoms with van der Waals surface area (Å²) in [4.78, 5) is 6.71.